The van der Waals surface area contributed by atoms with E-state index in [2.05, 4.69) is 13.8 Å². The highest BCUT2D eigenvalue weighted by molar-refractivity contribution is 5.21. The van der Waals surface area contributed by atoms with Gasteiger partial charge < -0.3 is 5.73 Å². The van der Waals surface area contributed by atoms with Crippen LogP contribution >= 0.6 is 0 Å². The summed E-state index contributed by atoms with van der Waals surface area (Å²) in [6.45, 7) is 5.03. The highest BCUT2D eigenvalue weighted by Gasteiger charge is 2.13. The average Bonchev–Trinajstić information content (AvgIpc) is 2.26. The lowest BCUT2D eigenvalue weighted by molar-refractivity contribution is 0.437. The molecule has 1 nitrogen and oxygen atoms in total. The first-order chi connectivity index (χ1) is 7.67. The molecule has 2 unspecified atom stereocenters. The zero-order valence-corrected chi connectivity index (χ0v) is 10.2. The second kappa shape index (κ2) is 6.64. The van der Waals surface area contributed by atoms with Crippen LogP contribution < -0.4 is 5.73 Å². The van der Waals surface area contributed by atoms with Crippen molar-refractivity contribution in [2.24, 2.45) is 11.7 Å². The van der Waals surface area contributed by atoms with Crippen LogP contribution in [0.5, 0.6) is 0 Å². The van der Waals surface area contributed by atoms with Crippen LogP contribution in [-0.2, 0) is 0 Å². The van der Waals surface area contributed by atoms with Crippen molar-refractivity contribution in [1.29, 1.82) is 0 Å². The van der Waals surface area contributed by atoms with Gasteiger partial charge in [0.05, 0.1) is 0 Å². The van der Waals surface area contributed by atoms with E-state index in [1.165, 1.54) is 18.9 Å². The highest BCUT2D eigenvalue weighted by Crippen LogP contribution is 2.25. The van der Waals surface area contributed by atoms with Crippen molar-refractivity contribution in [3.8, 4) is 0 Å². The standard InChI is InChI=1S/C14H22FN/c1-3-5-11(2)8-13(10-16)12-6-4-7-14(15)9-12/h4,6-7,9,11,13H,3,5,8,10,16H2,1-2H3. The molecule has 0 aliphatic carbocycles. The molecule has 1 aromatic carbocycles. The van der Waals surface area contributed by atoms with Crippen molar-refractivity contribution in [1.82, 2.24) is 0 Å². The van der Waals surface area contributed by atoms with Gasteiger partial charge in [0.1, 0.15) is 5.82 Å². The summed E-state index contributed by atoms with van der Waals surface area (Å²) in [6, 6.07) is 6.82. The minimum absolute atomic E-state index is 0.168. The van der Waals surface area contributed by atoms with Crippen LogP contribution in [0.3, 0.4) is 0 Å². The van der Waals surface area contributed by atoms with Gasteiger partial charge in [-0.3, -0.25) is 0 Å². The number of hydrogen-bond acceptors (Lipinski definition) is 1. The second-order valence-electron chi connectivity index (χ2n) is 4.62. The van der Waals surface area contributed by atoms with Gasteiger partial charge in [0, 0.05) is 0 Å². The van der Waals surface area contributed by atoms with Crippen molar-refractivity contribution in [3.63, 3.8) is 0 Å². The van der Waals surface area contributed by atoms with Gasteiger partial charge in [-0.2, -0.15) is 0 Å². The van der Waals surface area contributed by atoms with E-state index in [1.807, 2.05) is 6.07 Å². The molecular formula is C14H22FN. The van der Waals surface area contributed by atoms with E-state index < -0.39 is 0 Å². The third-order valence-electron chi connectivity index (χ3n) is 3.07. The summed E-state index contributed by atoms with van der Waals surface area (Å²) in [6.07, 6.45) is 3.46. The van der Waals surface area contributed by atoms with Gasteiger partial charge in [0.25, 0.3) is 0 Å². The molecule has 1 rings (SSSR count). The average molecular weight is 223 g/mol. The first kappa shape index (κ1) is 13.2. The zero-order valence-electron chi connectivity index (χ0n) is 10.2. The van der Waals surface area contributed by atoms with Gasteiger partial charge in [-0.15, -0.1) is 0 Å². The summed E-state index contributed by atoms with van der Waals surface area (Å²) < 4.78 is 13.1. The van der Waals surface area contributed by atoms with Crippen LogP contribution in [0.1, 0.15) is 44.6 Å². The summed E-state index contributed by atoms with van der Waals surface area (Å²) in [5.74, 6) is 0.776. The Morgan fingerprint density at radius 1 is 1.38 bits per heavy atom. The molecule has 1 aromatic rings. The molecule has 0 saturated heterocycles. The lowest BCUT2D eigenvalue weighted by Crippen LogP contribution is -2.15. The number of nitrogens with two attached hydrogens (primary N) is 1. The molecule has 0 radical (unpaired) electrons. The Morgan fingerprint density at radius 2 is 2.12 bits per heavy atom. The minimum atomic E-state index is -0.168. The molecule has 0 fully saturated rings. The number of halogens is 1. The third-order valence-corrected chi connectivity index (χ3v) is 3.07. The third kappa shape index (κ3) is 3.93. The van der Waals surface area contributed by atoms with E-state index in [-0.39, 0.29) is 11.7 Å². The van der Waals surface area contributed by atoms with Crippen LogP contribution in [0.2, 0.25) is 0 Å². The molecule has 0 aliphatic heterocycles. The molecule has 0 spiro atoms. The Hall–Kier alpha value is -0.890. The van der Waals surface area contributed by atoms with Crippen LogP contribution in [0.25, 0.3) is 0 Å². The van der Waals surface area contributed by atoms with Crippen LogP contribution in [0.4, 0.5) is 4.39 Å². The fourth-order valence-electron chi connectivity index (χ4n) is 2.23. The van der Waals surface area contributed by atoms with E-state index in [0.717, 1.165) is 12.0 Å². The Morgan fingerprint density at radius 3 is 2.69 bits per heavy atom. The molecule has 0 heterocycles. The molecule has 90 valence electrons. The monoisotopic (exact) mass is 223 g/mol. The van der Waals surface area contributed by atoms with E-state index >= 15 is 0 Å². The minimum Gasteiger partial charge on any atom is -0.330 e. The first-order valence-electron chi connectivity index (χ1n) is 6.12. The largest absolute Gasteiger partial charge is 0.330 e. The molecule has 0 bridgehead atoms. The highest BCUT2D eigenvalue weighted by atomic mass is 19.1. The number of hydrogen-bond donors (Lipinski definition) is 1. The van der Waals surface area contributed by atoms with E-state index in [4.69, 9.17) is 5.73 Å². The Balaban J connectivity index is 2.67. The molecule has 2 N–H and O–H groups in total. The van der Waals surface area contributed by atoms with Crippen molar-refractivity contribution >= 4 is 0 Å². The molecule has 0 saturated carbocycles. The fraction of sp³-hybridized carbons (Fsp3) is 0.571. The van der Waals surface area contributed by atoms with E-state index in [1.54, 1.807) is 12.1 Å². The van der Waals surface area contributed by atoms with Gasteiger partial charge in [-0.05, 0) is 42.5 Å². The SMILES string of the molecule is CCCC(C)CC(CN)c1cccc(F)c1. The fourth-order valence-corrected chi connectivity index (χ4v) is 2.23. The van der Waals surface area contributed by atoms with Gasteiger partial charge in [0.15, 0.2) is 0 Å². The molecule has 0 amide bonds. The maximum atomic E-state index is 13.1. The summed E-state index contributed by atoms with van der Waals surface area (Å²) in [4.78, 5) is 0. The van der Waals surface area contributed by atoms with E-state index in [0.29, 0.717) is 12.5 Å². The molecule has 2 atom stereocenters. The lowest BCUT2D eigenvalue weighted by Gasteiger charge is -2.19. The summed E-state index contributed by atoms with van der Waals surface area (Å²) >= 11 is 0. The summed E-state index contributed by atoms with van der Waals surface area (Å²) in [7, 11) is 0. The lowest BCUT2D eigenvalue weighted by atomic mass is 9.88. The Bertz CT molecular complexity index is 311. The quantitative estimate of drug-likeness (QED) is 0.782. The smallest absolute Gasteiger partial charge is 0.123 e. The first-order valence-corrected chi connectivity index (χ1v) is 6.12. The summed E-state index contributed by atoms with van der Waals surface area (Å²) in [5.41, 5.74) is 6.81. The van der Waals surface area contributed by atoms with Crippen LogP contribution in [0, 0.1) is 11.7 Å². The Kier molecular flexibility index (Phi) is 5.47. The topological polar surface area (TPSA) is 26.0 Å². The van der Waals surface area contributed by atoms with Crippen LogP contribution in [-0.4, -0.2) is 6.54 Å². The van der Waals surface area contributed by atoms with Gasteiger partial charge >= 0.3 is 0 Å². The summed E-state index contributed by atoms with van der Waals surface area (Å²) in [5, 5.41) is 0. The molecule has 0 aliphatic rings. The molecule has 16 heavy (non-hydrogen) atoms. The Labute approximate surface area is 97.9 Å². The molecular weight excluding hydrogens is 201 g/mol. The van der Waals surface area contributed by atoms with Crippen molar-refractivity contribution < 1.29 is 4.39 Å². The zero-order chi connectivity index (χ0) is 12.0. The van der Waals surface area contributed by atoms with Crippen LogP contribution in [0.15, 0.2) is 24.3 Å². The van der Waals surface area contributed by atoms with Gasteiger partial charge in [-0.25, -0.2) is 4.39 Å². The normalized spacial score (nSPS) is 14.8. The predicted molar refractivity (Wildman–Crippen MR) is 66.9 cm³/mol. The second-order valence-corrected chi connectivity index (χ2v) is 4.62. The maximum absolute atomic E-state index is 13.1. The number of rotatable bonds is 6. The van der Waals surface area contributed by atoms with E-state index in [9.17, 15) is 4.39 Å². The molecule has 0 aromatic heterocycles. The predicted octanol–water partition coefficient (Wildman–Crippen LogP) is 3.69. The van der Waals surface area contributed by atoms with Crippen molar-refractivity contribution in [3.05, 3.63) is 35.6 Å². The number of benzene rings is 1. The van der Waals surface area contributed by atoms with Gasteiger partial charge in [0.2, 0.25) is 0 Å². The van der Waals surface area contributed by atoms with Crippen molar-refractivity contribution in [2.45, 2.75) is 39.0 Å². The van der Waals surface area contributed by atoms with Crippen molar-refractivity contribution in [2.75, 3.05) is 6.54 Å². The van der Waals surface area contributed by atoms with Gasteiger partial charge in [-0.1, -0.05) is 38.8 Å². The maximum Gasteiger partial charge on any atom is 0.123 e. The molecule has 2 heteroatoms.